The van der Waals surface area contributed by atoms with Gasteiger partial charge in [-0.25, -0.2) is 4.58 Å². The summed E-state index contributed by atoms with van der Waals surface area (Å²) in [6.07, 6.45) is 2.74. The number of hydrogen-bond donors (Lipinski definition) is 1. The van der Waals surface area contributed by atoms with Crippen LogP contribution in [0.15, 0.2) is 21.3 Å². The Morgan fingerprint density at radius 3 is 2.93 bits per heavy atom. The summed E-state index contributed by atoms with van der Waals surface area (Å²) in [6.45, 7) is 5.84. The number of nitrogens with zero attached hydrogens (tertiary/aromatic N) is 2. The number of aliphatic imine (C=N–C) groups is 1. The van der Waals surface area contributed by atoms with E-state index in [2.05, 4.69) is 31.3 Å². The van der Waals surface area contributed by atoms with Crippen molar-refractivity contribution < 1.29 is 4.58 Å². The monoisotopic (exact) mass is 227 g/mol. The molecular weight excluding hydrogens is 212 g/mol. The molecule has 14 heavy (non-hydrogen) atoms. The second kappa shape index (κ2) is 5.32. The molecule has 0 amide bonds. The topological polar surface area (TPSA) is 15.4 Å². The highest BCUT2D eigenvalue weighted by molar-refractivity contribution is 7.80. The molecule has 0 aliphatic rings. The fourth-order valence-corrected chi connectivity index (χ4v) is 2.52. The molecule has 1 aromatic heterocycles. The third-order valence-corrected chi connectivity index (χ3v) is 3.37. The molecule has 0 aliphatic carbocycles. The van der Waals surface area contributed by atoms with Gasteiger partial charge in [-0.2, -0.15) is 0 Å². The molecule has 0 spiro atoms. The molecule has 0 saturated carbocycles. The van der Waals surface area contributed by atoms with Crippen molar-refractivity contribution in [1.82, 2.24) is 0 Å². The molecule has 0 radical (unpaired) electrons. The Morgan fingerprint density at radius 2 is 2.50 bits per heavy atom. The molecule has 1 unspecified atom stereocenters. The van der Waals surface area contributed by atoms with Gasteiger partial charge in [0.1, 0.15) is 0 Å². The van der Waals surface area contributed by atoms with E-state index in [1.807, 2.05) is 18.5 Å². The van der Waals surface area contributed by atoms with Crippen LogP contribution >= 0.6 is 24.0 Å². The minimum absolute atomic E-state index is 0.215. The fourth-order valence-electron chi connectivity index (χ4n) is 1.12. The number of thiophene rings is 1. The van der Waals surface area contributed by atoms with E-state index in [0.717, 1.165) is 11.3 Å². The molecule has 1 aromatic rings. The molecule has 2 nitrogen and oxygen atoms in total. The van der Waals surface area contributed by atoms with E-state index in [1.54, 1.807) is 22.3 Å². The lowest BCUT2D eigenvalue weighted by Gasteiger charge is -2.01. The predicted octanol–water partition coefficient (Wildman–Crippen LogP) is 2.86. The first-order chi connectivity index (χ1) is 6.65. The van der Waals surface area contributed by atoms with Gasteiger partial charge in [0.05, 0.1) is 18.6 Å². The quantitative estimate of drug-likeness (QED) is 0.352. The highest BCUT2D eigenvalue weighted by Crippen LogP contribution is 2.31. The number of rotatable bonds is 4. The molecule has 1 rings (SSSR count). The van der Waals surface area contributed by atoms with Gasteiger partial charge in [0.25, 0.3) is 6.34 Å². The molecule has 76 valence electrons. The average Bonchev–Trinajstić information content (AvgIpc) is 2.53. The lowest BCUT2D eigenvalue weighted by atomic mass is 10.2. The highest BCUT2D eigenvalue weighted by atomic mass is 32.1. The zero-order chi connectivity index (χ0) is 10.6. The summed E-state index contributed by atoms with van der Waals surface area (Å²) >= 11 is 6.10. The SMILES string of the molecule is C=[N+](C)C=NC(CC)c1sccc1S. The zero-order valence-electron chi connectivity index (χ0n) is 8.47. The summed E-state index contributed by atoms with van der Waals surface area (Å²) in [5.41, 5.74) is 0. The van der Waals surface area contributed by atoms with Gasteiger partial charge in [0.15, 0.2) is 6.04 Å². The molecule has 0 fully saturated rings. The van der Waals surface area contributed by atoms with Gasteiger partial charge in [0.2, 0.25) is 0 Å². The predicted molar refractivity (Wildman–Crippen MR) is 66.4 cm³/mol. The van der Waals surface area contributed by atoms with Gasteiger partial charge in [0, 0.05) is 4.90 Å². The first-order valence-corrected chi connectivity index (χ1v) is 5.80. The van der Waals surface area contributed by atoms with Gasteiger partial charge in [-0.15, -0.1) is 24.0 Å². The van der Waals surface area contributed by atoms with Crippen molar-refractivity contribution in [2.24, 2.45) is 4.99 Å². The van der Waals surface area contributed by atoms with Crippen molar-refractivity contribution in [3.63, 3.8) is 0 Å². The average molecular weight is 227 g/mol. The van der Waals surface area contributed by atoms with Crippen LogP contribution in [-0.4, -0.2) is 24.7 Å². The van der Waals surface area contributed by atoms with Crippen LogP contribution in [-0.2, 0) is 0 Å². The molecule has 1 atom stereocenters. The Labute approximate surface area is 94.4 Å². The minimum atomic E-state index is 0.215. The van der Waals surface area contributed by atoms with Crippen LogP contribution in [0.5, 0.6) is 0 Å². The van der Waals surface area contributed by atoms with Gasteiger partial charge in [-0.1, -0.05) is 11.9 Å². The largest absolute Gasteiger partial charge is 0.280 e. The summed E-state index contributed by atoms with van der Waals surface area (Å²) in [7, 11) is 1.87. The number of thiol groups is 1. The van der Waals surface area contributed by atoms with E-state index in [-0.39, 0.29) is 6.04 Å². The second-order valence-corrected chi connectivity index (χ2v) is 4.55. The van der Waals surface area contributed by atoms with Crippen LogP contribution in [0.25, 0.3) is 0 Å². The van der Waals surface area contributed by atoms with Crippen LogP contribution in [0.2, 0.25) is 0 Å². The molecule has 0 aromatic carbocycles. The van der Waals surface area contributed by atoms with Gasteiger partial charge in [-0.05, 0) is 17.9 Å². The van der Waals surface area contributed by atoms with Crippen molar-refractivity contribution in [3.05, 3.63) is 16.3 Å². The maximum atomic E-state index is 4.44. The Balaban J connectivity index is 2.83. The normalized spacial score (nSPS) is 13.4. The van der Waals surface area contributed by atoms with Crippen LogP contribution in [0, 0.1) is 0 Å². The molecule has 0 aliphatic heterocycles. The summed E-state index contributed by atoms with van der Waals surface area (Å²) < 4.78 is 1.70. The third kappa shape index (κ3) is 2.96. The van der Waals surface area contributed by atoms with Gasteiger partial charge in [-0.3, -0.25) is 0 Å². The van der Waals surface area contributed by atoms with E-state index in [0.29, 0.717) is 0 Å². The van der Waals surface area contributed by atoms with Crippen molar-refractivity contribution >= 4 is 37.0 Å². The minimum Gasteiger partial charge on any atom is -0.247 e. The smallest absolute Gasteiger partial charge is 0.247 e. The Hall–Kier alpha value is -0.610. The molecule has 1 heterocycles. The Bertz CT molecular complexity index is 342. The summed E-state index contributed by atoms with van der Waals surface area (Å²) in [5, 5.41) is 2.05. The summed E-state index contributed by atoms with van der Waals surface area (Å²) in [6, 6.07) is 2.22. The van der Waals surface area contributed by atoms with E-state index >= 15 is 0 Å². The van der Waals surface area contributed by atoms with Gasteiger partial charge < -0.3 is 0 Å². The highest BCUT2D eigenvalue weighted by Gasteiger charge is 2.16. The van der Waals surface area contributed by atoms with E-state index in [1.165, 1.54) is 4.88 Å². The second-order valence-electron chi connectivity index (χ2n) is 3.12. The maximum absolute atomic E-state index is 4.44. The molecule has 0 bridgehead atoms. The first-order valence-electron chi connectivity index (χ1n) is 4.48. The van der Waals surface area contributed by atoms with Crippen LogP contribution < -0.4 is 0 Å². The fraction of sp³-hybridized carbons (Fsp3) is 0.400. The molecular formula is C10H15N2S2+. The van der Waals surface area contributed by atoms with Crippen LogP contribution in [0.4, 0.5) is 0 Å². The lowest BCUT2D eigenvalue weighted by Crippen LogP contribution is -2.00. The number of hydrogen-bond acceptors (Lipinski definition) is 3. The molecule has 0 saturated heterocycles. The van der Waals surface area contributed by atoms with E-state index in [4.69, 9.17) is 0 Å². The zero-order valence-corrected chi connectivity index (χ0v) is 10.2. The lowest BCUT2D eigenvalue weighted by molar-refractivity contribution is -0.349. The summed E-state index contributed by atoms with van der Waals surface area (Å²) in [4.78, 5) is 6.71. The first kappa shape index (κ1) is 11.5. The van der Waals surface area contributed by atoms with E-state index in [9.17, 15) is 0 Å². The maximum Gasteiger partial charge on any atom is 0.280 e. The van der Waals surface area contributed by atoms with Gasteiger partial charge >= 0.3 is 0 Å². The van der Waals surface area contributed by atoms with Crippen molar-refractivity contribution in [1.29, 1.82) is 0 Å². The van der Waals surface area contributed by atoms with E-state index < -0.39 is 0 Å². The Kier molecular flexibility index (Phi) is 4.35. The standard InChI is InChI=1S/C10H14N2S2/c1-4-8(11-7-12(2)3)10-9(13)5-6-14-10/h5-8H,2,4H2,1,3H3/p+1. The summed E-state index contributed by atoms with van der Waals surface area (Å²) in [5.74, 6) is 0. The molecule has 4 heteroatoms. The van der Waals surface area contributed by atoms with Crippen molar-refractivity contribution in [2.75, 3.05) is 7.05 Å². The van der Waals surface area contributed by atoms with Crippen LogP contribution in [0.3, 0.4) is 0 Å². The Morgan fingerprint density at radius 1 is 1.79 bits per heavy atom. The van der Waals surface area contributed by atoms with Crippen molar-refractivity contribution in [2.45, 2.75) is 24.3 Å². The van der Waals surface area contributed by atoms with Crippen molar-refractivity contribution in [3.8, 4) is 0 Å². The molecule has 0 N–H and O–H groups in total. The van der Waals surface area contributed by atoms with Crippen LogP contribution in [0.1, 0.15) is 24.3 Å². The third-order valence-electron chi connectivity index (χ3n) is 1.81.